The highest BCUT2D eigenvalue weighted by Crippen LogP contribution is 2.27. The number of benzene rings is 1. The molecule has 7 heteroatoms. The molecule has 1 heterocycles. The monoisotopic (exact) mass is 308 g/mol. The number of nitrogen functional groups attached to an aromatic ring is 1. The van der Waals surface area contributed by atoms with Crippen LogP contribution in [-0.2, 0) is 0 Å². The first-order valence-electron chi connectivity index (χ1n) is 4.99. The predicted molar refractivity (Wildman–Crippen MR) is 72.7 cm³/mol. The third-order valence-corrected chi connectivity index (χ3v) is 2.82. The van der Waals surface area contributed by atoms with Crippen LogP contribution in [-0.4, -0.2) is 9.91 Å². The van der Waals surface area contributed by atoms with Gasteiger partial charge in [-0.05, 0) is 40.2 Å². The van der Waals surface area contributed by atoms with Crippen molar-refractivity contribution >= 4 is 38.8 Å². The smallest absolute Gasteiger partial charge is 0.288 e. The quantitative estimate of drug-likeness (QED) is 0.516. The number of rotatable bonds is 3. The molecule has 0 aliphatic heterocycles. The molecule has 0 saturated carbocycles. The molecule has 2 rings (SSSR count). The maximum Gasteiger partial charge on any atom is 0.288 e. The summed E-state index contributed by atoms with van der Waals surface area (Å²) < 4.78 is 0.522. The van der Waals surface area contributed by atoms with E-state index >= 15 is 0 Å². The first-order chi connectivity index (χ1) is 8.56. The third-order valence-electron chi connectivity index (χ3n) is 2.21. The minimum atomic E-state index is -0.495. The molecule has 0 aliphatic carbocycles. The molecule has 0 amide bonds. The van der Waals surface area contributed by atoms with Crippen LogP contribution in [0.25, 0.3) is 0 Å². The summed E-state index contributed by atoms with van der Waals surface area (Å²) >= 11 is 3.23. The van der Waals surface area contributed by atoms with Crippen LogP contribution in [0.5, 0.6) is 0 Å². The lowest BCUT2D eigenvalue weighted by Crippen LogP contribution is -1.97. The Morgan fingerprint density at radius 1 is 1.33 bits per heavy atom. The highest BCUT2D eigenvalue weighted by atomic mass is 79.9. The molecule has 0 unspecified atom stereocenters. The number of hydrogen-bond donors (Lipinski definition) is 2. The molecule has 3 N–H and O–H groups in total. The van der Waals surface area contributed by atoms with Crippen molar-refractivity contribution in [1.82, 2.24) is 4.98 Å². The Morgan fingerprint density at radius 3 is 2.56 bits per heavy atom. The Balaban J connectivity index is 2.24. The number of nitrogens with zero attached hydrogens (tertiary/aromatic N) is 2. The minimum absolute atomic E-state index is 0.0651. The molecule has 0 saturated heterocycles. The zero-order chi connectivity index (χ0) is 13.1. The normalized spacial score (nSPS) is 10.1. The third kappa shape index (κ3) is 2.75. The maximum absolute atomic E-state index is 10.6. The molecule has 1 aromatic carbocycles. The van der Waals surface area contributed by atoms with Crippen LogP contribution in [0.2, 0.25) is 0 Å². The standard InChI is InChI=1S/C11H9BrN4O2/c12-10-5-9(16(17)18)6-14-11(10)15-8-3-1-7(13)2-4-8/h1-6H,13H2,(H,14,15). The van der Waals surface area contributed by atoms with Gasteiger partial charge in [0.2, 0.25) is 0 Å². The van der Waals surface area contributed by atoms with Gasteiger partial charge >= 0.3 is 0 Å². The Bertz CT molecular complexity index is 586. The zero-order valence-electron chi connectivity index (χ0n) is 9.13. The molecule has 0 bridgehead atoms. The number of pyridine rings is 1. The number of halogens is 1. The van der Waals surface area contributed by atoms with E-state index in [0.29, 0.717) is 16.0 Å². The van der Waals surface area contributed by atoms with Gasteiger partial charge in [0, 0.05) is 17.4 Å². The molecule has 0 fully saturated rings. The topological polar surface area (TPSA) is 94.1 Å². The van der Waals surface area contributed by atoms with E-state index < -0.39 is 4.92 Å². The van der Waals surface area contributed by atoms with Gasteiger partial charge in [-0.2, -0.15) is 0 Å². The SMILES string of the molecule is Nc1ccc(Nc2ncc([N+](=O)[O-])cc2Br)cc1. The number of anilines is 3. The first-order valence-corrected chi connectivity index (χ1v) is 5.78. The van der Waals surface area contributed by atoms with E-state index in [-0.39, 0.29) is 5.69 Å². The molecular weight excluding hydrogens is 300 g/mol. The first kappa shape index (κ1) is 12.3. The molecule has 0 spiro atoms. The zero-order valence-corrected chi connectivity index (χ0v) is 10.7. The van der Waals surface area contributed by atoms with Crippen LogP contribution in [0.4, 0.5) is 22.9 Å². The van der Waals surface area contributed by atoms with E-state index in [9.17, 15) is 10.1 Å². The summed E-state index contributed by atoms with van der Waals surface area (Å²) in [4.78, 5) is 14.1. The largest absolute Gasteiger partial charge is 0.399 e. The van der Waals surface area contributed by atoms with Crippen molar-refractivity contribution in [2.24, 2.45) is 0 Å². The summed E-state index contributed by atoms with van der Waals surface area (Å²) in [6, 6.07) is 8.49. The van der Waals surface area contributed by atoms with E-state index in [0.717, 1.165) is 5.69 Å². The highest BCUT2D eigenvalue weighted by Gasteiger charge is 2.10. The van der Waals surface area contributed by atoms with Crippen molar-refractivity contribution in [1.29, 1.82) is 0 Å². The molecule has 92 valence electrons. The van der Waals surface area contributed by atoms with E-state index in [2.05, 4.69) is 26.2 Å². The van der Waals surface area contributed by atoms with Gasteiger partial charge in [-0.25, -0.2) is 4.98 Å². The average molecular weight is 309 g/mol. The number of hydrogen-bond acceptors (Lipinski definition) is 5. The fourth-order valence-corrected chi connectivity index (χ4v) is 1.76. The molecule has 18 heavy (non-hydrogen) atoms. The Morgan fingerprint density at radius 2 is 2.00 bits per heavy atom. The lowest BCUT2D eigenvalue weighted by atomic mass is 10.3. The van der Waals surface area contributed by atoms with Crippen molar-refractivity contribution in [3.8, 4) is 0 Å². The van der Waals surface area contributed by atoms with Crippen molar-refractivity contribution in [2.75, 3.05) is 11.1 Å². The van der Waals surface area contributed by atoms with Gasteiger partial charge in [-0.3, -0.25) is 10.1 Å². The molecule has 2 aromatic rings. The van der Waals surface area contributed by atoms with Crippen LogP contribution < -0.4 is 11.1 Å². The summed E-state index contributed by atoms with van der Waals surface area (Å²) in [7, 11) is 0. The van der Waals surface area contributed by atoms with Gasteiger partial charge < -0.3 is 11.1 Å². The molecule has 6 nitrogen and oxygen atoms in total. The second-order valence-electron chi connectivity index (χ2n) is 3.53. The van der Waals surface area contributed by atoms with Gasteiger partial charge in [0.15, 0.2) is 0 Å². The Hall–Kier alpha value is -2.15. The van der Waals surface area contributed by atoms with Crippen LogP contribution in [0.1, 0.15) is 0 Å². The summed E-state index contributed by atoms with van der Waals surface area (Å²) in [6.07, 6.45) is 1.20. The maximum atomic E-state index is 10.6. The second kappa shape index (κ2) is 5.01. The van der Waals surface area contributed by atoms with Crippen LogP contribution in [0.3, 0.4) is 0 Å². The van der Waals surface area contributed by atoms with Crippen molar-refractivity contribution in [3.05, 3.63) is 51.1 Å². The lowest BCUT2D eigenvalue weighted by Gasteiger charge is -2.07. The van der Waals surface area contributed by atoms with Crippen molar-refractivity contribution in [2.45, 2.75) is 0 Å². The predicted octanol–water partition coefficient (Wildman–Crippen LogP) is 3.08. The lowest BCUT2D eigenvalue weighted by molar-refractivity contribution is -0.385. The van der Waals surface area contributed by atoms with E-state index in [4.69, 9.17) is 5.73 Å². The fourth-order valence-electron chi connectivity index (χ4n) is 1.32. The Kier molecular flexibility index (Phi) is 3.42. The summed E-state index contributed by atoms with van der Waals surface area (Å²) in [6.45, 7) is 0. The van der Waals surface area contributed by atoms with Crippen LogP contribution in [0.15, 0.2) is 41.0 Å². The number of nitrogens with two attached hydrogens (primary N) is 1. The van der Waals surface area contributed by atoms with Gasteiger partial charge in [0.05, 0.1) is 9.40 Å². The van der Waals surface area contributed by atoms with Gasteiger partial charge in [-0.1, -0.05) is 0 Å². The van der Waals surface area contributed by atoms with Gasteiger partial charge in [0.1, 0.15) is 12.0 Å². The summed E-state index contributed by atoms with van der Waals surface area (Å²) in [5.41, 5.74) is 6.97. The number of aromatic nitrogens is 1. The fraction of sp³-hybridized carbons (Fsp3) is 0. The minimum Gasteiger partial charge on any atom is -0.399 e. The number of nitro groups is 1. The van der Waals surface area contributed by atoms with Crippen LogP contribution in [0, 0.1) is 10.1 Å². The van der Waals surface area contributed by atoms with Crippen molar-refractivity contribution in [3.63, 3.8) is 0 Å². The number of nitrogens with one attached hydrogen (secondary N) is 1. The molecule has 1 aromatic heterocycles. The summed E-state index contributed by atoms with van der Waals surface area (Å²) in [5.74, 6) is 0.505. The van der Waals surface area contributed by atoms with E-state index in [1.165, 1.54) is 12.3 Å². The second-order valence-corrected chi connectivity index (χ2v) is 4.38. The van der Waals surface area contributed by atoms with Crippen LogP contribution >= 0.6 is 15.9 Å². The molecule has 0 radical (unpaired) electrons. The van der Waals surface area contributed by atoms with Crippen molar-refractivity contribution < 1.29 is 4.92 Å². The van der Waals surface area contributed by atoms with E-state index in [1.807, 2.05) is 0 Å². The Labute approximate surface area is 111 Å². The van der Waals surface area contributed by atoms with Gasteiger partial charge in [0.25, 0.3) is 5.69 Å². The molecular formula is C11H9BrN4O2. The summed E-state index contributed by atoms with van der Waals surface area (Å²) in [5, 5.41) is 13.6. The highest BCUT2D eigenvalue weighted by molar-refractivity contribution is 9.10. The average Bonchev–Trinajstić information content (AvgIpc) is 2.34. The van der Waals surface area contributed by atoms with Gasteiger partial charge in [-0.15, -0.1) is 0 Å². The molecule has 0 aliphatic rings. The molecule has 0 atom stereocenters. The van der Waals surface area contributed by atoms with E-state index in [1.54, 1.807) is 24.3 Å².